The van der Waals surface area contributed by atoms with Crippen molar-refractivity contribution in [3.63, 3.8) is 0 Å². The highest BCUT2D eigenvalue weighted by Gasteiger charge is 2.23. The molecule has 0 saturated heterocycles. The van der Waals surface area contributed by atoms with Crippen LogP contribution in [-0.2, 0) is 16.4 Å². The fraction of sp³-hybridized carbons (Fsp3) is 0.409. The quantitative estimate of drug-likeness (QED) is 0.542. The second-order valence-electron chi connectivity index (χ2n) is 6.94. The number of rotatable bonds is 11. The van der Waals surface area contributed by atoms with E-state index in [0.29, 0.717) is 30.6 Å². The highest BCUT2D eigenvalue weighted by atomic mass is 32.2. The molecule has 32 heavy (non-hydrogen) atoms. The molecule has 176 valence electrons. The molecule has 0 bridgehead atoms. The summed E-state index contributed by atoms with van der Waals surface area (Å²) < 4.78 is 61.5. The SMILES string of the molecule is CCN(CC)S(=O)(=O)c1ccc(C)c(C(=O)NCCc2ccc(OC)c(OC(F)F)c2)c1. The van der Waals surface area contributed by atoms with E-state index in [0.717, 1.165) is 0 Å². The van der Waals surface area contributed by atoms with Crippen molar-refractivity contribution in [1.82, 2.24) is 9.62 Å². The number of hydrogen-bond donors (Lipinski definition) is 1. The van der Waals surface area contributed by atoms with Crippen molar-refractivity contribution in [3.8, 4) is 11.5 Å². The minimum absolute atomic E-state index is 0.0564. The van der Waals surface area contributed by atoms with E-state index in [-0.39, 0.29) is 28.5 Å². The minimum Gasteiger partial charge on any atom is -0.493 e. The number of hydrogen-bond acceptors (Lipinski definition) is 5. The number of nitrogens with zero attached hydrogens (tertiary/aromatic N) is 1. The largest absolute Gasteiger partial charge is 0.493 e. The van der Waals surface area contributed by atoms with E-state index in [1.165, 1.54) is 35.7 Å². The number of ether oxygens (including phenoxy) is 2. The van der Waals surface area contributed by atoms with Crippen LogP contribution in [0.15, 0.2) is 41.3 Å². The molecule has 0 aliphatic rings. The second kappa shape index (κ2) is 11.2. The molecule has 2 rings (SSSR count). The summed E-state index contributed by atoms with van der Waals surface area (Å²) in [7, 11) is -2.34. The maximum atomic E-state index is 12.8. The van der Waals surface area contributed by atoms with Crippen LogP contribution in [0.25, 0.3) is 0 Å². The molecule has 10 heteroatoms. The van der Waals surface area contributed by atoms with Crippen molar-refractivity contribution in [2.75, 3.05) is 26.7 Å². The first-order valence-electron chi connectivity index (χ1n) is 10.1. The van der Waals surface area contributed by atoms with Gasteiger partial charge in [-0.1, -0.05) is 26.0 Å². The monoisotopic (exact) mass is 470 g/mol. The smallest absolute Gasteiger partial charge is 0.387 e. The first kappa shape index (κ1) is 25.5. The number of sulfonamides is 1. The maximum absolute atomic E-state index is 12.8. The number of aryl methyl sites for hydroxylation is 1. The lowest BCUT2D eigenvalue weighted by Gasteiger charge is -2.19. The fourth-order valence-electron chi connectivity index (χ4n) is 3.20. The van der Waals surface area contributed by atoms with Gasteiger partial charge in [0.05, 0.1) is 12.0 Å². The van der Waals surface area contributed by atoms with Crippen molar-refractivity contribution in [2.45, 2.75) is 38.7 Å². The van der Waals surface area contributed by atoms with Crippen LogP contribution >= 0.6 is 0 Å². The van der Waals surface area contributed by atoms with Gasteiger partial charge in [0.1, 0.15) is 0 Å². The van der Waals surface area contributed by atoms with Crippen LogP contribution in [-0.4, -0.2) is 52.0 Å². The van der Waals surface area contributed by atoms with Gasteiger partial charge in [0, 0.05) is 25.2 Å². The van der Waals surface area contributed by atoms with Gasteiger partial charge in [-0.25, -0.2) is 8.42 Å². The van der Waals surface area contributed by atoms with E-state index in [2.05, 4.69) is 10.1 Å². The summed E-state index contributed by atoms with van der Waals surface area (Å²) in [6, 6.07) is 9.09. The third-order valence-electron chi connectivity index (χ3n) is 4.94. The Labute approximate surface area is 187 Å². The average molecular weight is 471 g/mol. The standard InChI is InChI=1S/C22H28F2N2O5S/c1-5-26(6-2)32(28,29)17-9-7-15(3)18(14-17)21(27)25-12-11-16-8-10-19(30-4)20(13-16)31-22(23)24/h7-10,13-14,22H,5-6,11-12H2,1-4H3,(H,25,27). The number of carbonyl (C=O) groups excluding carboxylic acids is 1. The van der Waals surface area contributed by atoms with Gasteiger partial charge in [0.2, 0.25) is 10.0 Å². The van der Waals surface area contributed by atoms with Crippen LogP contribution in [0.1, 0.15) is 35.3 Å². The van der Waals surface area contributed by atoms with E-state index in [1.807, 2.05) is 0 Å². The Kier molecular flexibility index (Phi) is 8.97. The number of amides is 1. The van der Waals surface area contributed by atoms with Crippen molar-refractivity contribution in [2.24, 2.45) is 0 Å². The van der Waals surface area contributed by atoms with Gasteiger partial charge < -0.3 is 14.8 Å². The molecule has 2 aromatic carbocycles. The van der Waals surface area contributed by atoms with Gasteiger partial charge in [-0.15, -0.1) is 0 Å². The second-order valence-corrected chi connectivity index (χ2v) is 8.87. The van der Waals surface area contributed by atoms with Crippen molar-refractivity contribution in [1.29, 1.82) is 0 Å². The Morgan fingerprint density at radius 2 is 1.78 bits per heavy atom. The topological polar surface area (TPSA) is 84.9 Å². The molecule has 7 nitrogen and oxygen atoms in total. The number of nitrogens with one attached hydrogen (secondary N) is 1. The lowest BCUT2D eigenvalue weighted by Crippen LogP contribution is -2.31. The molecular formula is C22H28F2N2O5S. The van der Waals surface area contributed by atoms with E-state index in [9.17, 15) is 22.0 Å². The Bertz CT molecular complexity index is 1040. The molecule has 0 atom stereocenters. The van der Waals surface area contributed by atoms with E-state index >= 15 is 0 Å². The molecule has 0 radical (unpaired) electrons. The summed E-state index contributed by atoms with van der Waals surface area (Å²) >= 11 is 0. The number of carbonyl (C=O) groups is 1. The van der Waals surface area contributed by atoms with Gasteiger partial charge in [0.25, 0.3) is 5.91 Å². The molecule has 0 fully saturated rings. The first-order chi connectivity index (χ1) is 15.1. The molecule has 0 aliphatic carbocycles. The molecule has 0 saturated carbocycles. The zero-order chi connectivity index (χ0) is 23.9. The van der Waals surface area contributed by atoms with E-state index in [4.69, 9.17) is 4.74 Å². The number of benzene rings is 2. The van der Waals surface area contributed by atoms with Gasteiger partial charge in [0.15, 0.2) is 11.5 Å². The average Bonchev–Trinajstić information content (AvgIpc) is 2.74. The molecule has 0 heterocycles. The normalized spacial score (nSPS) is 11.6. The Morgan fingerprint density at radius 3 is 2.38 bits per heavy atom. The third-order valence-corrected chi connectivity index (χ3v) is 6.99. The molecule has 1 N–H and O–H groups in total. The van der Waals surface area contributed by atoms with Crippen LogP contribution < -0.4 is 14.8 Å². The zero-order valence-corrected chi connectivity index (χ0v) is 19.3. The first-order valence-corrected chi connectivity index (χ1v) is 11.6. The highest BCUT2D eigenvalue weighted by molar-refractivity contribution is 7.89. The van der Waals surface area contributed by atoms with Gasteiger partial charge in [-0.05, 0) is 48.7 Å². The van der Waals surface area contributed by atoms with Crippen LogP contribution in [0.3, 0.4) is 0 Å². The predicted octanol–water partition coefficient (Wildman–Crippen LogP) is 3.61. The summed E-state index contributed by atoms with van der Waals surface area (Å²) in [5.74, 6) is -0.326. The van der Waals surface area contributed by atoms with Crippen LogP contribution in [0, 0.1) is 6.92 Å². The molecule has 0 spiro atoms. The Hall–Kier alpha value is -2.72. The molecule has 1 amide bonds. The molecule has 0 unspecified atom stereocenters. The lowest BCUT2D eigenvalue weighted by molar-refractivity contribution is -0.0512. The number of alkyl halides is 2. The van der Waals surface area contributed by atoms with Crippen LogP contribution in [0.4, 0.5) is 8.78 Å². The van der Waals surface area contributed by atoms with Crippen molar-refractivity contribution in [3.05, 3.63) is 53.1 Å². The third kappa shape index (κ3) is 6.17. The summed E-state index contributed by atoms with van der Waals surface area (Å²) in [6.45, 7) is 3.10. The summed E-state index contributed by atoms with van der Waals surface area (Å²) in [6.07, 6.45) is 0.353. The van der Waals surface area contributed by atoms with Gasteiger partial charge in [-0.3, -0.25) is 4.79 Å². The molecule has 0 aromatic heterocycles. The summed E-state index contributed by atoms with van der Waals surface area (Å²) in [5.41, 5.74) is 1.56. The Morgan fingerprint density at radius 1 is 1.09 bits per heavy atom. The molecular weight excluding hydrogens is 442 g/mol. The molecule has 0 aliphatic heterocycles. The van der Waals surface area contributed by atoms with Crippen molar-refractivity contribution < 1.29 is 31.5 Å². The zero-order valence-electron chi connectivity index (χ0n) is 18.5. The van der Waals surface area contributed by atoms with Gasteiger partial charge >= 0.3 is 6.61 Å². The summed E-state index contributed by atoms with van der Waals surface area (Å²) in [4.78, 5) is 12.7. The minimum atomic E-state index is -3.69. The number of halogens is 2. The van der Waals surface area contributed by atoms with Crippen molar-refractivity contribution >= 4 is 15.9 Å². The molecule has 2 aromatic rings. The van der Waals surface area contributed by atoms with E-state index in [1.54, 1.807) is 32.9 Å². The number of methoxy groups -OCH3 is 1. The highest BCUT2D eigenvalue weighted by Crippen LogP contribution is 2.29. The Balaban J connectivity index is 2.12. The van der Waals surface area contributed by atoms with E-state index < -0.39 is 22.5 Å². The predicted molar refractivity (Wildman–Crippen MR) is 117 cm³/mol. The van der Waals surface area contributed by atoms with Crippen LogP contribution in [0.5, 0.6) is 11.5 Å². The summed E-state index contributed by atoms with van der Waals surface area (Å²) in [5, 5.41) is 2.75. The fourth-order valence-corrected chi connectivity index (χ4v) is 4.68. The van der Waals surface area contributed by atoms with Gasteiger partial charge in [-0.2, -0.15) is 13.1 Å². The maximum Gasteiger partial charge on any atom is 0.387 e. The lowest BCUT2D eigenvalue weighted by atomic mass is 10.1. The van der Waals surface area contributed by atoms with Crippen LogP contribution in [0.2, 0.25) is 0 Å².